The fraction of sp³-hybridized carbons (Fsp3) is 0.714. The number of rotatable bonds is 5. The Morgan fingerprint density at radius 2 is 2.30 bits per heavy atom. The second kappa shape index (κ2) is 7.39. The van der Waals surface area contributed by atoms with Crippen molar-refractivity contribution < 1.29 is 0 Å². The van der Waals surface area contributed by atoms with Crippen LogP contribution in [0.25, 0.3) is 0 Å². The molecule has 0 radical (unpaired) electrons. The van der Waals surface area contributed by atoms with Crippen LogP contribution in [-0.2, 0) is 0 Å². The molecule has 0 aromatic carbocycles. The van der Waals surface area contributed by atoms with Crippen LogP contribution in [0, 0.1) is 0 Å². The van der Waals surface area contributed by atoms with E-state index in [1.165, 1.54) is 5.54 Å². The van der Waals surface area contributed by atoms with Gasteiger partial charge in [0.25, 0.3) is 0 Å². The molecule has 0 bridgehead atoms. The van der Waals surface area contributed by atoms with E-state index in [1.54, 1.807) is 0 Å². The molecule has 0 aliphatic rings. The van der Waals surface area contributed by atoms with Gasteiger partial charge >= 0.3 is 0 Å². The Balaban J connectivity index is 2.91. The fourth-order valence-electron chi connectivity index (χ4n) is 0.531. The van der Waals surface area contributed by atoms with Crippen molar-refractivity contribution in [1.82, 2.24) is 5.32 Å². The minimum atomic E-state index is 0.257. The highest BCUT2D eigenvalue weighted by atomic mass is 35.5. The van der Waals surface area contributed by atoms with E-state index in [9.17, 15) is 0 Å². The number of hydrogen-bond acceptors (Lipinski definition) is 1. The van der Waals surface area contributed by atoms with Crippen molar-refractivity contribution in [3.8, 4) is 0 Å². The first-order valence-corrected chi connectivity index (χ1v) is 4.24. The first-order chi connectivity index (χ1) is 4.77. The van der Waals surface area contributed by atoms with E-state index < -0.39 is 0 Å². The maximum absolute atomic E-state index is 5.71. The lowest BCUT2D eigenvalue weighted by Gasteiger charge is -2.01. The highest BCUT2D eigenvalue weighted by molar-refractivity contribution is 6.25. The number of hydrogen-bond donors (Lipinski definition) is 1. The summed E-state index contributed by atoms with van der Waals surface area (Å²) in [4.78, 5) is 0. The summed E-state index contributed by atoms with van der Waals surface area (Å²) in [6.45, 7) is 3.76. The van der Waals surface area contributed by atoms with Crippen molar-refractivity contribution in [2.45, 2.75) is 18.7 Å². The second-order valence-corrected chi connectivity index (χ2v) is 3.13. The SMILES string of the molecule is CC(Cl)CCNC/C=C/Cl. The molecule has 60 valence electrons. The van der Waals surface area contributed by atoms with Crippen LogP contribution in [0.1, 0.15) is 13.3 Å². The van der Waals surface area contributed by atoms with Gasteiger partial charge < -0.3 is 5.32 Å². The molecule has 0 fully saturated rings. The standard InChI is InChI=1S/C7H13Cl2N/c1-7(9)3-6-10-5-2-4-8/h2,4,7,10H,3,5-6H2,1H3/b4-2+. The van der Waals surface area contributed by atoms with Gasteiger partial charge in [-0.05, 0) is 19.9 Å². The van der Waals surface area contributed by atoms with Gasteiger partial charge in [0.1, 0.15) is 0 Å². The molecule has 0 aromatic rings. The van der Waals surface area contributed by atoms with E-state index in [4.69, 9.17) is 23.2 Å². The molecular formula is C7H13Cl2N. The first kappa shape index (κ1) is 10.3. The summed E-state index contributed by atoms with van der Waals surface area (Å²) in [6.07, 6.45) is 2.86. The minimum absolute atomic E-state index is 0.257. The van der Waals surface area contributed by atoms with Gasteiger partial charge in [-0.2, -0.15) is 0 Å². The number of alkyl halides is 1. The van der Waals surface area contributed by atoms with E-state index in [-0.39, 0.29) is 5.38 Å². The molecule has 1 nitrogen and oxygen atoms in total. The molecule has 3 heteroatoms. The van der Waals surface area contributed by atoms with Crippen molar-refractivity contribution >= 4 is 23.2 Å². The van der Waals surface area contributed by atoms with Crippen molar-refractivity contribution in [2.75, 3.05) is 13.1 Å². The van der Waals surface area contributed by atoms with Gasteiger partial charge in [-0.15, -0.1) is 11.6 Å². The summed E-state index contributed by atoms with van der Waals surface area (Å²) in [5, 5.41) is 3.42. The lowest BCUT2D eigenvalue weighted by atomic mass is 10.3. The fourth-order valence-corrected chi connectivity index (χ4v) is 0.729. The van der Waals surface area contributed by atoms with Gasteiger partial charge in [0.2, 0.25) is 0 Å². The molecule has 0 aromatic heterocycles. The van der Waals surface area contributed by atoms with Crippen LogP contribution in [-0.4, -0.2) is 18.5 Å². The zero-order valence-corrected chi connectivity index (χ0v) is 7.62. The third-order valence-corrected chi connectivity index (χ3v) is 1.47. The van der Waals surface area contributed by atoms with Crippen LogP contribution in [0.15, 0.2) is 11.6 Å². The van der Waals surface area contributed by atoms with Crippen molar-refractivity contribution in [3.63, 3.8) is 0 Å². The molecule has 0 heterocycles. The van der Waals surface area contributed by atoms with Crippen LogP contribution in [0.3, 0.4) is 0 Å². The highest BCUT2D eigenvalue weighted by Crippen LogP contribution is 1.96. The van der Waals surface area contributed by atoms with E-state index in [1.807, 2.05) is 13.0 Å². The van der Waals surface area contributed by atoms with Crippen LogP contribution in [0.5, 0.6) is 0 Å². The zero-order valence-electron chi connectivity index (χ0n) is 6.11. The Morgan fingerprint density at radius 1 is 1.60 bits per heavy atom. The first-order valence-electron chi connectivity index (χ1n) is 3.37. The predicted molar refractivity (Wildman–Crippen MR) is 47.8 cm³/mol. The molecule has 0 rings (SSSR count). The third-order valence-electron chi connectivity index (χ3n) is 1.07. The van der Waals surface area contributed by atoms with Gasteiger partial charge in [0.15, 0.2) is 0 Å². The Hall–Kier alpha value is 0.280. The van der Waals surface area contributed by atoms with Crippen molar-refractivity contribution in [2.24, 2.45) is 0 Å². The van der Waals surface area contributed by atoms with E-state index in [0.29, 0.717) is 0 Å². The monoisotopic (exact) mass is 181 g/mol. The van der Waals surface area contributed by atoms with Crippen LogP contribution < -0.4 is 5.32 Å². The molecule has 1 atom stereocenters. The lowest BCUT2D eigenvalue weighted by Crippen LogP contribution is -2.17. The Labute approximate surface area is 72.4 Å². The highest BCUT2D eigenvalue weighted by Gasteiger charge is 1.92. The molecule has 1 unspecified atom stereocenters. The quantitative estimate of drug-likeness (QED) is 0.508. The summed E-state index contributed by atoms with van der Waals surface area (Å²) in [6, 6.07) is 0. The second-order valence-electron chi connectivity index (χ2n) is 2.14. The smallest absolute Gasteiger partial charge is 0.0319 e. The van der Waals surface area contributed by atoms with Gasteiger partial charge in [0, 0.05) is 17.5 Å². The molecular weight excluding hydrogens is 169 g/mol. The Kier molecular flexibility index (Phi) is 7.59. The van der Waals surface area contributed by atoms with Crippen LogP contribution in [0.4, 0.5) is 0 Å². The van der Waals surface area contributed by atoms with Crippen molar-refractivity contribution in [3.05, 3.63) is 11.6 Å². The molecule has 0 aliphatic heterocycles. The summed E-state index contributed by atoms with van der Waals surface area (Å²) in [5.41, 5.74) is 1.51. The summed E-state index contributed by atoms with van der Waals surface area (Å²) < 4.78 is 0. The molecule has 10 heavy (non-hydrogen) atoms. The molecule has 1 N–H and O–H groups in total. The Morgan fingerprint density at radius 3 is 2.80 bits per heavy atom. The average molecular weight is 182 g/mol. The number of halogens is 2. The maximum atomic E-state index is 5.71. The van der Waals surface area contributed by atoms with E-state index >= 15 is 0 Å². The number of nitrogens with one attached hydrogen (secondary N) is 1. The van der Waals surface area contributed by atoms with E-state index in [2.05, 4.69) is 5.32 Å². The molecule has 0 saturated carbocycles. The van der Waals surface area contributed by atoms with Gasteiger partial charge in [-0.1, -0.05) is 17.7 Å². The summed E-state index contributed by atoms with van der Waals surface area (Å²) in [7, 11) is 0. The third kappa shape index (κ3) is 8.28. The van der Waals surface area contributed by atoms with Crippen molar-refractivity contribution in [1.29, 1.82) is 0 Å². The van der Waals surface area contributed by atoms with Gasteiger partial charge in [-0.25, -0.2) is 0 Å². The normalized spacial score (nSPS) is 14.3. The summed E-state index contributed by atoms with van der Waals surface area (Å²) >= 11 is 11.0. The zero-order chi connectivity index (χ0) is 7.82. The molecule has 0 saturated heterocycles. The van der Waals surface area contributed by atoms with Gasteiger partial charge in [0.05, 0.1) is 0 Å². The predicted octanol–water partition coefficient (Wildman–Crippen LogP) is 2.35. The summed E-state index contributed by atoms with van der Waals surface area (Å²) in [5.74, 6) is 0. The minimum Gasteiger partial charge on any atom is -0.313 e. The molecule has 0 aliphatic carbocycles. The van der Waals surface area contributed by atoms with Crippen LogP contribution >= 0.6 is 23.2 Å². The van der Waals surface area contributed by atoms with Gasteiger partial charge in [-0.3, -0.25) is 0 Å². The van der Waals surface area contributed by atoms with Crippen LogP contribution in [0.2, 0.25) is 0 Å². The largest absolute Gasteiger partial charge is 0.313 e. The maximum Gasteiger partial charge on any atom is 0.0319 e. The van der Waals surface area contributed by atoms with E-state index in [0.717, 1.165) is 19.5 Å². The molecule has 0 spiro atoms. The topological polar surface area (TPSA) is 12.0 Å². The molecule has 0 amide bonds. The average Bonchev–Trinajstić information content (AvgIpc) is 1.87. The Bertz CT molecular complexity index is 91.6. The lowest BCUT2D eigenvalue weighted by molar-refractivity contribution is 0.686.